The first kappa shape index (κ1) is 15.0. The van der Waals surface area contributed by atoms with Crippen molar-refractivity contribution in [1.29, 1.82) is 0 Å². The molecule has 2 aromatic heterocycles. The number of pyridine rings is 2. The number of para-hydroxylation sites is 1. The fourth-order valence-corrected chi connectivity index (χ4v) is 2.70. The molecular formula is C18H17N3O2. The molecule has 0 aliphatic heterocycles. The molecule has 0 radical (unpaired) electrons. The summed E-state index contributed by atoms with van der Waals surface area (Å²) in [5.74, 6) is -0.0274. The highest BCUT2D eigenvalue weighted by molar-refractivity contribution is 6.06. The van der Waals surface area contributed by atoms with Gasteiger partial charge in [0.15, 0.2) is 0 Å². The summed E-state index contributed by atoms with van der Waals surface area (Å²) in [6.45, 7) is 4.15. The zero-order chi connectivity index (χ0) is 16.4. The number of aromatic nitrogens is 2. The van der Waals surface area contributed by atoms with Gasteiger partial charge in [-0.2, -0.15) is 0 Å². The maximum Gasteiger partial charge on any atom is 0.263 e. The Morgan fingerprint density at radius 2 is 2.04 bits per heavy atom. The third kappa shape index (κ3) is 2.61. The zero-order valence-corrected chi connectivity index (χ0v) is 13.0. The van der Waals surface area contributed by atoms with Crippen LogP contribution < -0.4 is 5.56 Å². The summed E-state index contributed by atoms with van der Waals surface area (Å²) in [6, 6.07) is 10.9. The molecule has 1 aromatic carbocycles. The standard InChI is InChI=1S/C18H17N3O2/c1-3-21-15-9-5-4-8-14(15)17(22)16(18(21)23)12(2)20-13-7-6-10-19-11-13/h4-11,22H,3H2,1-2H3. The fraction of sp³-hybridized carbons (Fsp3) is 0.167. The molecule has 5 heteroatoms. The molecule has 116 valence electrons. The second-order valence-electron chi connectivity index (χ2n) is 5.20. The summed E-state index contributed by atoms with van der Waals surface area (Å²) < 4.78 is 1.65. The number of nitrogens with zero attached hydrogens (tertiary/aromatic N) is 3. The number of hydrogen-bond acceptors (Lipinski definition) is 4. The van der Waals surface area contributed by atoms with Crippen LogP contribution in [-0.2, 0) is 6.54 Å². The van der Waals surface area contributed by atoms with Crippen LogP contribution in [0.5, 0.6) is 5.75 Å². The van der Waals surface area contributed by atoms with Gasteiger partial charge in [0.1, 0.15) is 11.3 Å². The van der Waals surface area contributed by atoms with E-state index in [1.165, 1.54) is 0 Å². The average molecular weight is 307 g/mol. The van der Waals surface area contributed by atoms with Crippen molar-refractivity contribution in [3.63, 3.8) is 0 Å². The molecule has 0 aliphatic carbocycles. The molecule has 2 heterocycles. The summed E-state index contributed by atoms with van der Waals surface area (Å²) in [4.78, 5) is 21.2. The Morgan fingerprint density at radius 1 is 1.26 bits per heavy atom. The Bertz CT molecular complexity index is 944. The van der Waals surface area contributed by atoms with Crippen LogP contribution >= 0.6 is 0 Å². The maximum atomic E-state index is 12.8. The Labute approximate surface area is 133 Å². The van der Waals surface area contributed by atoms with Crippen molar-refractivity contribution in [3.05, 3.63) is 64.7 Å². The molecule has 0 saturated heterocycles. The monoisotopic (exact) mass is 307 g/mol. The number of aromatic hydroxyl groups is 1. The highest BCUT2D eigenvalue weighted by Gasteiger charge is 2.17. The van der Waals surface area contributed by atoms with Gasteiger partial charge in [0.05, 0.1) is 23.1 Å². The smallest absolute Gasteiger partial charge is 0.263 e. The number of rotatable bonds is 3. The second kappa shape index (κ2) is 6.04. The molecule has 3 rings (SSSR count). The van der Waals surface area contributed by atoms with Crippen molar-refractivity contribution < 1.29 is 5.11 Å². The fourth-order valence-electron chi connectivity index (χ4n) is 2.70. The zero-order valence-electron chi connectivity index (χ0n) is 13.0. The van der Waals surface area contributed by atoms with Gasteiger partial charge in [-0.25, -0.2) is 0 Å². The third-order valence-corrected chi connectivity index (χ3v) is 3.77. The first-order chi connectivity index (χ1) is 11.1. The van der Waals surface area contributed by atoms with Gasteiger partial charge in [-0.3, -0.25) is 14.8 Å². The predicted octanol–water partition coefficient (Wildman–Crippen LogP) is 3.26. The van der Waals surface area contributed by atoms with Crippen LogP contribution in [0.1, 0.15) is 19.4 Å². The van der Waals surface area contributed by atoms with Crippen LogP contribution in [-0.4, -0.2) is 20.4 Å². The lowest BCUT2D eigenvalue weighted by molar-refractivity contribution is 0.477. The summed E-state index contributed by atoms with van der Waals surface area (Å²) in [5, 5.41) is 11.2. The van der Waals surface area contributed by atoms with E-state index in [2.05, 4.69) is 9.98 Å². The first-order valence-corrected chi connectivity index (χ1v) is 7.43. The molecular weight excluding hydrogens is 290 g/mol. The van der Waals surface area contributed by atoms with Crippen molar-refractivity contribution >= 4 is 22.3 Å². The van der Waals surface area contributed by atoms with Crippen molar-refractivity contribution in [2.75, 3.05) is 0 Å². The lowest BCUT2D eigenvalue weighted by Crippen LogP contribution is -2.25. The SMILES string of the molecule is CCn1c(=O)c(C(C)=Nc2cccnc2)c(O)c2ccccc21. The minimum absolute atomic E-state index is 0.0274. The molecule has 0 fully saturated rings. The van der Waals surface area contributed by atoms with Gasteiger partial charge in [0.2, 0.25) is 0 Å². The lowest BCUT2D eigenvalue weighted by Gasteiger charge is -2.13. The van der Waals surface area contributed by atoms with Crippen molar-refractivity contribution in [3.8, 4) is 5.75 Å². The Balaban J connectivity index is 2.30. The van der Waals surface area contributed by atoms with E-state index in [0.717, 1.165) is 5.52 Å². The maximum absolute atomic E-state index is 12.8. The van der Waals surface area contributed by atoms with Gasteiger partial charge in [-0.05, 0) is 38.1 Å². The van der Waals surface area contributed by atoms with Crippen molar-refractivity contribution in [2.24, 2.45) is 4.99 Å². The van der Waals surface area contributed by atoms with Crippen LogP contribution in [0, 0.1) is 0 Å². The van der Waals surface area contributed by atoms with Gasteiger partial charge < -0.3 is 9.67 Å². The van der Waals surface area contributed by atoms with Crippen LogP contribution in [0.15, 0.2) is 58.6 Å². The minimum Gasteiger partial charge on any atom is -0.506 e. The molecule has 0 atom stereocenters. The summed E-state index contributed by atoms with van der Waals surface area (Å²) in [6.07, 6.45) is 3.27. The minimum atomic E-state index is -0.242. The van der Waals surface area contributed by atoms with E-state index < -0.39 is 0 Å². The van der Waals surface area contributed by atoms with Gasteiger partial charge in [-0.15, -0.1) is 0 Å². The van der Waals surface area contributed by atoms with E-state index in [1.54, 1.807) is 42.1 Å². The van der Waals surface area contributed by atoms with Crippen molar-refractivity contribution in [1.82, 2.24) is 9.55 Å². The van der Waals surface area contributed by atoms with Crippen LogP contribution in [0.3, 0.4) is 0 Å². The van der Waals surface area contributed by atoms with E-state index >= 15 is 0 Å². The molecule has 23 heavy (non-hydrogen) atoms. The summed E-state index contributed by atoms with van der Waals surface area (Å²) in [7, 11) is 0. The number of hydrogen-bond donors (Lipinski definition) is 1. The Hall–Kier alpha value is -2.95. The van der Waals surface area contributed by atoms with Gasteiger partial charge in [-0.1, -0.05) is 12.1 Å². The summed E-state index contributed by atoms with van der Waals surface area (Å²) in [5.41, 5.74) is 1.81. The molecule has 1 N–H and O–H groups in total. The molecule has 0 bridgehead atoms. The molecule has 5 nitrogen and oxygen atoms in total. The molecule has 0 amide bonds. The van der Waals surface area contributed by atoms with E-state index in [4.69, 9.17) is 0 Å². The number of benzene rings is 1. The number of aryl methyl sites for hydroxylation is 1. The second-order valence-corrected chi connectivity index (χ2v) is 5.20. The third-order valence-electron chi connectivity index (χ3n) is 3.77. The molecule has 0 aliphatic rings. The Morgan fingerprint density at radius 3 is 2.74 bits per heavy atom. The largest absolute Gasteiger partial charge is 0.506 e. The van der Waals surface area contributed by atoms with Crippen molar-refractivity contribution in [2.45, 2.75) is 20.4 Å². The van der Waals surface area contributed by atoms with E-state index in [-0.39, 0.29) is 16.9 Å². The van der Waals surface area contributed by atoms with Gasteiger partial charge in [0, 0.05) is 18.1 Å². The number of fused-ring (bicyclic) bond motifs is 1. The van der Waals surface area contributed by atoms with E-state index in [0.29, 0.717) is 23.3 Å². The first-order valence-electron chi connectivity index (χ1n) is 7.43. The molecule has 0 saturated carbocycles. The Kier molecular flexibility index (Phi) is 3.93. The van der Waals surface area contributed by atoms with Gasteiger partial charge >= 0.3 is 0 Å². The van der Waals surface area contributed by atoms with E-state index in [1.807, 2.05) is 25.1 Å². The quantitative estimate of drug-likeness (QED) is 0.755. The lowest BCUT2D eigenvalue weighted by atomic mass is 10.1. The predicted molar refractivity (Wildman–Crippen MR) is 91.7 cm³/mol. The normalized spacial score (nSPS) is 11.8. The number of aliphatic imine (C=N–C) groups is 1. The van der Waals surface area contributed by atoms with Gasteiger partial charge in [0.25, 0.3) is 5.56 Å². The molecule has 3 aromatic rings. The van der Waals surface area contributed by atoms with Crippen LogP contribution in [0.25, 0.3) is 10.9 Å². The van der Waals surface area contributed by atoms with Crippen LogP contribution in [0.2, 0.25) is 0 Å². The molecule has 0 unspecified atom stereocenters. The van der Waals surface area contributed by atoms with E-state index in [9.17, 15) is 9.90 Å². The highest BCUT2D eigenvalue weighted by atomic mass is 16.3. The molecule has 0 spiro atoms. The topological polar surface area (TPSA) is 67.5 Å². The highest BCUT2D eigenvalue weighted by Crippen LogP contribution is 2.27. The summed E-state index contributed by atoms with van der Waals surface area (Å²) >= 11 is 0. The van der Waals surface area contributed by atoms with Crippen LogP contribution in [0.4, 0.5) is 5.69 Å². The average Bonchev–Trinajstić information content (AvgIpc) is 2.56.